The van der Waals surface area contributed by atoms with E-state index >= 15 is 0 Å². The van der Waals surface area contributed by atoms with Crippen molar-refractivity contribution in [3.8, 4) is 0 Å². The van der Waals surface area contributed by atoms with Crippen LogP contribution in [0.1, 0.15) is 12.6 Å². The average Bonchev–Trinajstić information content (AvgIpc) is 2.75. The van der Waals surface area contributed by atoms with Gasteiger partial charge in [-0.1, -0.05) is 0 Å². The molecule has 0 bridgehead atoms. The van der Waals surface area contributed by atoms with Gasteiger partial charge in [0.25, 0.3) is 0 Å². The quantitative estimate of drug-likeness (QED) is 0.581. The molecule has 0 unspecified atom stereocenters. The zero-order valence-corrected chi connectivity index (χ0v) is 9.69. The number of aromatic nitrogens is 2. The Morgan fingerprint density at radius 1 is 1.68 bits per heavy atom. The number of anilines is 1. The molecule has 0 radical (unpaired) electrons. The second-order valence-corrected chi connectivity index (χ2v) is 4.00. The number of halogens is 1. The minimum absolute atomic E-state index is 0.0344. The fourth-order valence-corrected chi connectivity index (χ4v) is 1.86. The van der Waals surface area contributed by atoms with Crippen LogP contribution in [0.15, 0.2) is 11.0 Å². The molecule has 2 heterocycles. The molecule has 1 aromatic heterocycles. The van der Waals surface area contributed by atoms with Crippen molar-refractivity contribution >= 4 is 12.2 Å². The van der Waals surface area contributed by atoms with Crippen LogP contribution >= 0.6 is 0 Å². The highest BCUT2D eigenvalue weighted by Gasteiger charge is 2.35. The molecule has 1 amide bonds. The summed E-state index contributed by atoms with van der Waals surface area (Å²) in [5.41, 5.74) is -0.832. The Balaban J connectivity index is 2.29. The fraction of sp³-hybridized carbons (Fsp3) is 0.500. The lowest BCUT2D eigenvalue weighted by atomic mass is 10.2. The van der Waals surface area contributed by atoms with Crippen LogP contribution in [0.3, 0.4) is 0 Å². The SMILES string of the molecule is O=CNc1nc(=O)n([C@H]2C[C@H](O)[C@@H](CO)O2)cc1F. The monoisotopic (exact) mass is 273 g/mol. The van der Waals surface area contributed by atoms with Crippen molar-refractivity contribution in [1.82, 2.24) is 9.55 Å². The van der Waals surface area contributed by atoms with Gasteiger partial charge in [-0.05, 0) is 0 Å². The van der Waals surface area contributed by atoms with Crippen LogP contribution in [-0.2, 0) is 9.53 Å². The van der Waals surface area contributed by atoms with Crippen LogP contribution in [-0.4, -0.2) is 45.0 Å². The number of hydrogen-bond acceptors (Lipinski definition) is 6. The van der Waals surface area contributed by atoms with E-state index < -0.39 is 42.4 Å². The van der Waals surface area contributed by atoms with E-state index in [4.69, 9.17) is 9.84 Å². The Labute approximate surface area is 106 Å². The Kier molecular flexibility index (Phi) is 3.88. The minimum Gasteiger partial charge on any atom is -0.394 e. The highest BCUT2D eigenvalue weighted by atomic mass is 19.1. The predicted octanol–water partition coefficient (Wildman–Crippen LogP) is -1.41. The molecule has 1 saturated heterocycles. The number of aliphatic hydroxyl groups excluding tert-OH is 2. The van der Waals surface area contributed by atoms with Gasteiger partial charge < -0.3 is 20.3 Å². The Morgan fingerprint density at radius 2 is 2.42 bits per heavy atom. The van der Waals surface area contributed by atoms with Gasteiger partial charge in [-0.3, -0.25) is 9.36 Å². The highest BCUT2D eigenvalue weighted by Crippen LogP contribution is 2.27. The first kappa shape index (κ1) is 13.6. The van der Waals surface area contributed by atoms with E-state index in [1.165, 1.54) is 0 Å². The van der Waals surface area contributed by atoms with Gasteiger partial charge in [-0.2, -0.15) is 4.98 Å². The van der Waals surface area contributed by atoms with Gasteiger partial charge in [0, 0.05) is 6.42 Å². The summed E-state index contributed by atoms with van der Waals surface area (Å²) in [6.07, 6.45) is -1.62. The molecule has 8 nitrogen and oxygen atoms in total. The maximum absolute atomic E-state index is 13.5. The van der Waals surface area contributed by atoms with E-state index in [0.717, 1.165) is 10.8 Å². The molecule has 1 fully saturated rings. The zero-order chi connectivity index (χ0) is 14.0. The number of ether oxygens (including phenoxy) is 1. The normalized spacial score (nSPS) is 26.4. The van der Waals surface area contributed by atoms with Crippen molar-refractivity contribution in [3.63, 3.8) is 0 Å². The minimum atomic E-state index is -0.947. The van der Waals surface area contributed by atoms with E-state index in [2.05, 4.69) is 4.98 Å². The largest absolute Gasteiger partial charge is 0.394 e. The van der Waals surface area contributed by atoms with Crippen molar-refractivity contribution in [2.45, 2.75) is 24.9 Å². The maximum atomic E-state index is 13.5. The maximum Gasteiger partial charge on any atom is 0.351 e. The Bertz CT molecular complexity index is 534. The number of nitrogens with one attached hydrogen (secondary N) is 1. The molecule has 0 aliphatic carbocycles. The molecule has 3 N–H and O–H groups in total. The van der Waals surface area contributed by atoms with Gasteiger partial charge in [-0.15, -0.1) is 0 Å². The van der Waals surface area contributed by atoms with Crippen LogP contribution in [0, 0.1) is 5.82 Å². The molecule has 3 atom stereocenters. The van der Waals surface area contributed by atoms with E-state index in [9.17, 15) is 19.1 Å². The molecule has 0 spiro atoms. The van der Waals surface area contributed by atoms with Gasteiger partial charge in [0.05, 0.1) is 18.9 Å². The van der Waals surface area contributed by atoms with E-state index in [1.54, 1.807) is 0 Å². The standard InChI is InChI=1S/C10H12FN3O5/c11-5-2-14(10(18)13-9(5)12-4-16)8-1-6(17)7(3-15)19-8/h2,4,6-8,15,17H,1,3H2,(H,12,13,16,18)/t6-,7+,8+/m0/s1. The molecule has 0 saturated carbocycles. The van der Waals surface area contributed by atoms with E-state index in [0.29, 0.717) is 0 Å². The topological polar surface area (TPSA) is 114 Å². The van der Waals surface area contributed by atoms with Crippen molar-refractivity contribution in [1.29, 1.82) is 0 Å². The molecule has 1 aliphatic heterocycles. The van der Waals surface area contributed by atoms with Gasteiger partial charge >= 0.3 is 5.69 Å². The molecule has 1 aromatic rings. The van der Waals surface area contributed by atoms with Crippen LogP contribution in [0.25, 0.3) is 0 Å². The number of rotatable bonds is 4. The van der Waals surface area contributed by atoms with Crippen LogP contribution in [0.4, 0.5) is 10.2 Å². The summed E-state index contributed by atoms with van der Waals surface area (Å²) in [6.45, 7) is -0.410. The predicted molar refractivity (Wildman–Crippen MR) is 59.8 cm³/mol. The third-order valence-corrected chi connectivity index (χ3v) is 2.80. The average molecular weight is 273 g/mol. The fourth-order valence-electron chi connectivity index (χ4n) is 1.86. The lowest BCUT2D eigenvalue weighted by molar-refractivity contribution is -0.105. The molecule has 2 rings (SSSR count). The number of nitrogens with zero attached hydrogens (tertiary/aromatic N) is 2. The number of carbonyl (C=O) groups excluding carboxylic acids is 1. The number of amides is 1. The van der Waals surface area contributed by atoms with Gasteiger partial charge in [0.15, 0.2) is 11.6 Å². The van der Waals surface area contributed by atoms with E-state index in [1.807, 2.05) is 5.32 Å². The summed E-state index contributed by atoms with van der Waals surface area (Å²) >= 11 is 0. The summed E-state index contributed by atoms with van der Waals surface area (Å²) < 4.78 is 19.6. The lowest BCUT2D eigenvalue weighted by Crippen LogP contribution is -2.29. The summed E-state index contributed by atoms with van der Waals surface area (Å²) in [4.78, 5) is 25.2. The van der Waals surface area contributed by atoms with Gasteiger partial charge in [0.2, 0.25) is 6.41 Å². The van der Waals surface area contributed by atoms with Gasteiger partial charge in [-0.25, -0.2) is 9.18 Å². The molecule has 1 aliphatic rings. The van der Waals surface area contributed by atoms with Crippen LogP contribution in [0.5, 0.6) is 0 Å². The Morgan fingerprint density at radius 3 is 3.00 bits per heavy atom. The Hall–Kier alpha value is -1.84. The highest BCUT2D eigenvalue weighted by molar-refractivity contribution is 5.68. The number of carbonyl (C=O) groups is 1. The number of hydrogen-bond donors (Lipinski definition) is 3. The zero-order valence-electron chi connectivity index (χ0n) is 9.69. The molecule has 19 heavy (non-hydrogen) atoms. The first-order valence-corrected chi connectivity index (χ1v) is 5.50. The lowest BCUT2D eigenvalue weighted by Gasteiger charge is -2.14. The summed E-state index contributed by atoms with van der Waals surface area (Å²) in [6, 6.07) is 0. The van der Waals surface area contributed by atoms with E-state index in [-0.39, 0.29) is 12.8 Å². The van der Waals surface area contributed by atoms with Crippen molar-refractivity contribution < 1.29 is 24.1 Å². The summed E-state index contributed by atoms with van der Waals surface area (Å²) in [5.74, 6) is -1.38. The summed E-state index contributed by atoms with van der Waals surface area (Å²) in [7, 11) is 0. The van der Waals surface area contributed by atoms with Gasteiger partial charge in [0.1, 0.15) is 12.3 Å². The third-order valence-electron chi connectivity index (χ3n) is 2.80. The van der Waals surface area contributed by atoms with Crippen LogP contribution < -0.4 is 11.0 Å². The van der Waals surface area contributed by atoms with Crippen molar-refractivity contribution in [2.24, 2.45) is 0 Å². The summed E-state index contributed by atoms with van der Waals surface area (Å²) in [5, 5.41) is 20.4. The first-order chi connectivity index (χ1) is 9.06. The molecule has 0 aromatic carbocycles. The van der Waals surface area contributed by atoms with Crippen molar-refractivity contribution in [3.05, 3.63) is 22.5 Å². The number of aliphatic hydroxyl groups is 2. The van der Waals surface area contributed by atoms with Crippen LogP contribution in [0.2, 0.25) is 0 Å². The smallest absolute Gasteiger partial charge is 0.351 e. The molecule has 9 heteroatoms. The second kappa shape index (κ2) is 5.43. The van der Waals surface area contributed by atoms with Crippen molar-refractivity contribution in [2.75, 3.05) is 11.9 Å². The second-order valence-electron chi connectivity index (χ2n) is 4.00. The molecule has 104 valence electrons. The molecular formula is C10H12FN3O5. The molecular weight excluding hydrogens is 261 g/mol. The third kappa shape index (κ3) is 2.62. The first-order valence-electron chi connectivity index (χ1n) is 5.50.